The molecule has 1 heterocycles. The second-order valence-electron chi connectivity index (χ2n) is 15.1. The third-order valence-corrected chi connectivity index (χ3v) is 9.07. The van der Waals surface area contributed by atoms with Crippen molar-refractivity contribution in [2.45, 2.75) is 79.4 Å². The summed E-state index contributed by atoms with van der Waals surface area (Å²) in [7, 11) is 0. The van der Waals surface area contributed by atoms with Gasteiger partial charge in [0, 0.05) is 25.0 Å². The summed E-state index contributed by atoms with van der Waals surface area (Å²) in [6, 6.07) is 22.5. The van der Waals surface area contributed by atoms with Crippen molar-refractivity contribution in [3.05, 3.63) is 96.3 Å². The number of pyridine rings is 1. The van der Waals surface area contributed by atoms with Crippen molar-refractivity contribution in [2.24, 2.45) is 16.2 Å². The molecule has 0 spiro atoms. The largest absolute Gasteiger partial charge is 0.493 e. The zero-order valence-electron chi connectivity index (χ0n) is 32.2. The Bertz CT molecular complexity index is 1560. The van der Waals surface area contributed by atoms with Crippen molar-refractivity contribution in [1.29, 1.82) is 0 Å². The second-order valence-corrected chi connectivity index (χ2v) is 15.1. The summed E-state index contributed by atoms with van der Waals surface area (Å²) in [5, 5.41) is 20.1. The lowest BCUT2D eigenvalue weighted by Gasteiger charge is -2.38. The lowest BCUT2D eigenvalue weighted by molar-refractivity contribution is -0.697. The second kappa shape index (κ2) is 20.2. The molecule has 0 amide bonds. The van der Waals surface area contributed by atoms with Gasteiger partial charge in [0.15, 0.2) is 18.9 Å². The number of aryl methyl sites for hydroxylation is 1. The highest BCUT2D eigenvalue weighted by Gasteiger charge is 2.49. The van der Waals surface area contributed by atoms with Crippen LogP contribution in [-0.2, 0) is 45.5 Å². The molecule has 290 valence electrons. The molecule has 0 aliphatic carbocycles. The van der Waals surface area contributed by atoms with Crippen LogP contribution in [0.15, 0.2) is 85.2 Å². The van der Waals surface area contributed by atoms with Gasteiger partial charge < -0.3 is 33.9 Å². The molecule has 3 rings (SSSR count). The number of nitrogens with zero attached hydrogens (tertiary/aromatic N) is 1. The Balaban J connectivity index is 1.55. The summed E-state index contributed by atoms with van der Waals surface area (Å²) in [6.07, 6.45) is 5.05. The molecule has 2 unspecified atom stereocenters. The molecule has 11 heteroatoms. The van der Waals surface area contributed by atoms with Gasteiger partial charge in [-0.15, -0.1) is 0 Å². The molecule has 1 aromatic heterocycles. The van der Waals surface area contributed by atoms with Crippen molar-refractivity contribution in [3.8, 4) is 5.75 Å². The van der Waals surface area contributed by atoms with Crippen molar-refractivity contribution in [3.63, 3.8) is 0 Å². The van der Waals surface area contributed by atoms with Crippen LogP contribution in [0.5, 0.6) is 5.75 Å². The van der Waals surface area contributed by atoms with E-state index in [0.29, 0.717) is 31.7 Å². The number of ether oxygens (including phenoxy) is 5. The molecule has 0 aliphatic rings. The Morgan fingerprint density at radius 3 is 1.72 bits per heavy atom. The first-order chi connectivity index (χ1) is 25.1. The van der Waals surface area contributed by atoms with Crippen molar-refractivity contribution in [2.75, 3.05) is 46.2 Å². The van der Waals surface area contributed by atoms with Gasteiger partial charge in [-0.1, -0.05) is 48.5 Å². The molecule has 53 heavy (non-hydrogen) atoms. The van der Waals surface area contributed by atoms with Gasteiger partial charge in [-0.3, -0.25) is 14.4 Å². The van der Waals surface area contributed by atoms with Crippen LogP contribution >= 0.6 is 0 Å². The van der Waals surface area contributed by atoms with E-state index >= 15 is 0 Å². The number of aliphatic hydroxyl groups excluding tert-OH is 1. The van der Waals surface area contributed by atoms with Crippen LogP contribution in [0.1, 0.15) is 78.4 Å². The van der Waals surface area contributed by atoms with E-state index in [1.165, 1.54) is 0 Å². The van der Waals surface area contributed by atoms with Crippen molar-refractivity contribution in [1.82, 2.24) is 0 Å². The fourth-order valence-corrected chi connectivity index (χ4v) is 6.44. The van der Waals surface area contributed by atoms with Crippen molar-refractivity contribution < 1.29 is 52.8 Å². The minimum atomic E-state index is -1.26. The standard InChI is InChI=1S/C42H58NO10/c1-39(2,36(45)51-25-13-23-43-21-11-8-12-22-43)31-41(5,38(47)53-30-29-49-28-24-44)32-40(3,4)37(46)52-27-14-26-50-35-19-17-34(18-20-35)42(6,48)33-15-9-7-10-16-33/h7-12,15-22,44,48H,13-14,23-32H2,1-6H3/q+1. The zero-order valence-corrected chi connectivity index (χ0v) is 32.2. The Kier molecular flexibility index (Phi) is 16.4. The Morgan fingerprint density at radius 2 is 1.13 bits per heavy atom. The third-order valence-electron chi connectivity index (χ3n) is 9.07. The topological polar surface area (TPSA) is 142 Å². The van der Waals surface area contributed by atoms with Gasteiger partial charge in [-0.2, -0.15) is 0 Å². The monoisotopic (exact) mass is 736 g/mol. The van der Waals surface area contributed by atoms with E-state index in [1.807, 2.05) is 77.6 Å². The molecule has 0 saturated heterocycles. The van der Waals surface area contributed by atoms with Crippen molar-refractivity contribution >= 4 is 17.9 Å². The summed E-state index contributed by atoms with van der Waals surface area (Å²) in [6.45, 7) is 11.6. The van der Waals surface area contributed by atoms with E-state index in [0.717, 1.165) is 11.1 Å². The average Bonchev–Trinajstić information content (AvgIpc) is 3.13. The number of aromatic nitrogens is 1. The molecule has 2 N–H and O–H groups in total. The minimum absolute atomic E-state index is 0.0452. The number of hydrogen-bond acceptors (Lipinski definition) is 10. The molecule has 0 saturated carbocycles. The number of benzene rings is 2. The predicted octanol–water partition coefficient (Wildman–Crippen LogP) is 5.57. The van der Waals surface area contributed by atoms with E-state index < -0.39 is 39.8 Å². The third kappa shape index (κ3) is 13.6. The summed E-state index contributed by atoms with van der Waals surface area (Å²) < 4.78 is 30.0. The summed E-state index contributed by atoms with van der Waals surface area (Å²) >= 11 is 0. The Morgan fingerprint density at radius 1 is 0.604 bits per heavy atom. The van der Waals surface area contributed by atoms with Crippen LogP contribution in [0.3, 0.4) is 0 Å². The maximum atomic E-state index is 13.6. The van der Waals surface area contributed by atoms with Crippen LogP contribution in [0.25, 0.3) is 0 Å². The maximum absolute atomic E-state index is 13.6. The first kappa shape index (κ1) is 43.1. The van der Waals surface area contributed by atoms with Gasteiger partial charge in [0.1, 0.15) is 18.0 Å². The lowest BCUT2D eigenvalue weighted by Crippen LogP contribution is -2.44. The van der Waals surface area contributed by atoms with E-state index in [2.05, 4.69) is 0 Å². The Hall–Kier alpha value is -4.32. The van der Waals surface area contributed by atoms with Gasteiger partial charge in [0.25, 0.3) is 0 Å². The molecule has 11 nitrogen and oxygen atoms in total. The van der Waals surface area contributed by atoms with E-state index in [4.69, 9.17) is 28.8 Å². The first-order valence-corrected chi connectivity index (χ1v) is 18.3. The molecule has 0 aliphatic heterocycles. The number of carbonyl (C=O) groups excluding carboxylic acids is 3. The van der Waals surface area contributed by atoms with Crippen LogP contribution in [-0.4, -0.2) is 74.4 Å². The fourth-order valence-electron chi connectivity index (χ4n) is 6.44. The van der Waals surface area contributed by atoms with E-state index in [1.54, 1.807) is 53.7 Å². The van der Waals surface area contributed by atoms with Crippen LogP contribution in [0, 0.1) is 16.2 Å². The number of aliphatic hydroxyl groups is 2. The summed E-state index contributed by atoms with van der Waals surface area (Å²) in [5.41, 5.74) is -3.08. The summed E-state index contributed by atoms with van der Waals surface area (Å²) in [4.78, 5) is 40.3. The SMILES string of the molecule is CC(C)(CC(C)(CC(C)(C)C(=O)OCCC[n+]1ccccc1)C(=O)OCCOCCO)C(=O)OCCCOc1ccc(C(C)(O)c2ccccc2)cc1. The number of hydrogen-bond donors (Lipinski definition) is 2. The highest BCUT2D eigenvalue weighted by atomic mass is 16.6. The van der Waals surface area contributed by atoms with Gasteiger partial charge >= 0.3 is 17.9 Å². The normalized spacial score (nSPS) is 14.0. The number of carbonyl (C=O) groups is 3. The highest BCUT2D eigenvalue weighted by molar-refractivity contribution is 5.82. The lowest BCUT2D eigenvalue weighted by atomic mass is 9.66. The smallest absolute Gasteiger partial charge is 0.311 e. The highest BCUT2D eigenvalue weighted by Crippen LogP contribution is 2.44. The van der Waals surface area contributed by atoms with Gasteiger partial charge in [0.05, 0.1) is 55.9 Å². The minimum Gasteiger partial charge on any atom is -0.493 e. The van der Waals surface area contributed by atoms with Gasteiger partial charge in [-0.25, -0.2) is 4.57 Å². The summed E-state index contributed by atoms with van der Waals surface area (Å²) in [5.74, 6) is -0.889. The maximum Gasteiger partial charge on any atom is 0.311 e. The first-order valence-electron chi connectivity index (χ1n) is 18.3. The number of esters is 3. The van der Waals surface area contributed by atoms with Crippen LogP contribution in [0.4, 0.5) is 0 Å². The van der Waals surface area contributed by atoms with E-state index in [-0.39, 0.29) is 52.5 Å². The molecule has 0 fully saturated rings. The fraction of sp³-hybridized carbons (Fsp3) is 0.524. The molecule has 3 aromatic rings. The average molecular weight is 737 g/mol. The molecule has 0 radical (unpaired) electrons. The molecule has 0 bridgehead atoms. The molecular formula is C42H58NO10+. The number of rotatable bonds is 23. The molecular weight excluding hydrogens is 678 g/mol. The van der Waals surface area contributed by atoms with Crippen LogP contribution in [0.2, 0.25) is 0 Å². The van der Waals surface area contributed by atoms with Gasteiger partial charge in [0.2, 0.25) is 0 Å². The molecule has 2 atom stereocenters. The predicted molar refractivity (Wildman–Crippen MR) is 199 cm³/mol. The van der Waals surface area contributed by atoms with Gasteiger partial charge in [-0.05, 0) is 77.6 Å². The van der Waals surface area contributed by atoms with Crippen LogP contribution < -0.4 is 9.30 Å². The molecule has 2 aromatic carbocycles. The Labute approximate surface area is 314 Å². The zero-order chi connectivity index (χ0) is 39.0. The van der Waals surface area contributed by atoms with E-state index in [9.17, 15) is 19.5 Å². The quantitative estimate of drug-likeness (QED) is 0.0550.